The van der Waals surface area contributed by atoms with Crippen LogP contribution in [-0.4, -0.2) is 0 Å². The molecule has 3 rings (SSSR count). The first-order valence-electron chi connectivity index (χ1n) is 7.56. The van der Waals surface area contributed by atoms with Gasteiger partial charge in [-0.1, -0.05) is 71.7 Å². The lowest BCUT2D eigenvalue weighted by molar-refractivity contribution is 1.46. The van der Waals surface area contributed by atoms with Gasteiger partial charge in [0.15, 0.2) is 0 Å². The van der Waals surface area contributed by atoms with E-state index in [0.717, 1.165) is 22.3 Å². The molecule has 23 heavy (non-hydrogen) atoms. The molecule has 0 saturated carbocycles. The Hall–Kier alpha value is -3.22. The lowest BCUT2D eigenvalue weighted by atomic mass is 10.1. The van der Waals surface area contributed by atoms with Crippen molar-refractivity contribution >= 4 is 0 Å². The molecule has 0 aliphatic rings. The second-order valence-electron chi connectivity index (χ2n) is 5.28. The van der Waals surface area contributed by atoms with E-state index < -0.39 is 0 Å². The van der Waals surface area contributed by atoms with E-state index in [1.807, 2.05) is 66.7 Å². The van der Waals surface area contributed by atoms with Crippen molar-refractivity contribution in [1.29, 1.82) is 0 Å². The van der Waals surface area contributed by atoms with Gasteiger partial charge in [0.05, 0.1) is 0 Å². The second-order valence-corrected chi connectivity index (χ2v) is 5.28. The van der Waals surface area contributed by atoms with Crippen molar-refractivity contribution in [3.05, 3.63) is 107 Å². The molecule has 0 heterocycles. The second kappa shape index (κ2) is 7.17. The molecule has 0 aromatic heterocycles. The van der Waals surface area contributed by atoms with E-state index >= 15 is 0 Å². The molecule has 0 bridgehead atoms. The first-order valence-corrected chi connectivity index (χ1v) is 7.56. The Kier molecular flexibility index (Phi) is 4.58. The molecule has 0 N–H and O–H groups in total. The molecule has 0 aliphatic carbocycles. The summed E-state index contributed by atoms with van der Waals surface area (Å²) < 4.78 is 0. The Morgan fingerprint density at radius 1 is 0.478 bits per heavy atom. The molecule has 0 fully saturated rings. The highest BCUT2D eigenvalue weighted by atomic mass is 14.0. The van der Waals surface area contributed by atoms with Gasteiger partial charge >= 0.3 is 0 Å². The maximum absolute atomic E-state index is 3.23. The topological polar surface area (TPSA) is 0 Å². The Bertz CT molecular complexity index is 909. The maximum Gasteiger partial charge on any atom is 0.0405 e. The third-order valence-corrected chi connectivity index (χ3v) is 3.44. The minimum atomic E-state index is 0.955. The predicted octanol–water partition coefficient (Wildman–Crippen LogP) is 4.79. The van der Waals surface area contributed by atoms with Crippen LogP contribution in [0.5, 0.6) is 0 Å². The largest absolute Gasteiger partial charge is 0.0622 e. The fourth-order valence-electron chi connectivity index (χ4n) is 2.14. The molecule has 0 saturated heterocycles. The molecule has 0 atom stereocenters. The van der Waals surface area contributed by atoms with Gasteiger partial charge in [-0.05, 0) is 43.3 Å². The van der Waals surface area contributed by atoms with Crippen LogP contribution in [0.15, 0.2) is 78.9 Å². The minimum absolute atomic E-state index is 0.955. The summed E-state index contributed by atoms with van der Waals surface area (Å²) >= 11 is 0. The third-order valence-electron chi connectivity index (χ3n) is 3.44. The quantitative estimate of drug-likeness (QED) is 0.522. The van der Waals surface area contributed by atoms with Crippen molar-refractivity contribution in [2.24, 2.45) is 0 Å². The molecule has 108 valence electrons. The van der Waals surface area contributed by atoms with Gasteiger partial charge in [-0.25, -0.2) is 0 Å². The number of rotatable bonds is 0. The van der Waals surface area contributed by atoms with Gasteiger partial charge in [-0.15, -0.1) is 0 Å². The summed E-state index contributed by atoms with van der Waals surface area (Å²) in [6.07, 6.45) is 0. The zero-order chi connectivity index (χ0) is 15.9. The highest BCUT2D eigenvalue weighted by molar-refractivity contribution is 5.54. The molecule has 0 aliphatic heterocycles. The summed E-state index contributed by atoms with van der Waals surface area (Å²) in [4.78, 5) is 0. The van der Waals surface area contributed by atoms with E-state index in [-0.39, 0.29) is 0 Å². The number of hydrogen-bond donors (Lipinski definition) is 0. The molecule has 0 radical (unpaired) electrons. The molecule has 0 unspecified atom stereocenters. The Morgan fingerprint density at radius 2 is 0.957 bits per heavy atom. The first kappa shape index (κ1) is 14.7. The number of hydrogen-bond acceptors (Lipinski definition) is 0. The highest BCUT2D eigenvalue weighted by Gasteiger charge is 1.95. The van der Waals surface area contributed by atoms with Gasteiger partial charge in [0, 0.05) is 22.3 Å². The van der Waals surface area contributed by atoms with Gasteiger partial charge in [0.1, 0.15) is 0 Å². The standard InChI is InChI=1S/C23H16/c1-19-11-13-21(14-12-19)16-18-23-10-6-5-9-22(23)17-15-20-7-3-2-4-8-20/h2-14H,1H3. The van der Waals surface area contributed by atoms with E-state index in [0.29, 0.717) is 0 Å². The first-order chi connectivity index (χ1) is 11.3. The Balaban J connectivity index is 1.90. The van der Waals surface area contributed by atoms with E-state index in [9.17, 15) is 0 Å². The summed E-state index contributed by atoms with van der Waals surface area (Å²) in [6.45, 7) is 2.08. The van der Waals surface area contributed by atoms with Crippen molar-refractivity contribution in [2.75, 3.05) is 0 Å². The lowest BCUT2D eigenvalue weighted by Gasteiger charge is -1.96. The van der Waals surface area contributed by atoms with E-state index in [1.54, 1.807) is 0 Å². The molecule has 3 aromatic rings. The van der Waals surface area contributed by atoms with Crippen molar-refractivity contribution in [1.82, 2.24) is 0 Å². The van der Waals surface area contributed by atoms with Gasteiger partial charge in [0.25, 0.3) is 0 Å². The predicted molar refractivity (Wildman–Crippen MR) is 96.0 cm³/mol. The third kappa shape index (κ3) is 4.13. The molecule has 0 nitrogen and oxygen atoms in total. The monoisotopic (exact) mass is 292 g/mol. The summed E-state index contributed by atoms with van der Waals surface area (Å²) in [5, 5.41) is 0. The van der Waals surface area contributed by atoms with Crippen LogP contribution in [0.1, 0.15) is 27.8 Å². The van der Waals surface area contributed by atoms with Gasteiger partial charge in [-0.2, -0.15) is 0 Å². The SMILES string of the molecule is Cc1ccc(C#Cc2ccccc2C#Cc2ccccc2)cc1. The summed E-state index contributed by atoms with van der Waals surface area (Å²) in [7, 11) is 0. The van der Waals surface area contributed by atoms with Crippen LogP contribution in [0.25, 0.3) is 0 Å². The van der Waals surface area contributed by atoms with Crippen molar-refractivity contribution in [3.8, 4) is 23.7 Å². The zero-order valence-electron chi connectivity index (χ0n) is 13.0. The molecule has 0 amide bonds. The Labute approximate surface area is 137 Å². The average molecular weight is 292 g/mol. The molecule has 0 spiro atoms. The maximum atomic E-state index is 3.23. The van der Waals surface area contributed by atoms with Crippen LogP contribution in [-0.2, 0) is 0 Å². The van der Waals surface area contributed by atoms with Crippen LogP contribution in [0, 0.1) is 30.6 Å². The summed E-state index contributed by atoms with van der Waals surface area (Å²) in [6, 6.07) is 26.2. The minimum Gasteiger partial charge on any atom is -0.0622 e. The number of benzene rings is 3. The number of aryl methyl sites for hydroxylation is 1. The molecule has 0 heteroatoms. The van der Waals surface area contributed by atoms with Crippen molar-refractivity contribution < 1.29 is 0 Å². The van der Waals surface area contributed by atoms with E-state index in [1.165, 1.54) is 5.56 Å². The molecular formula is C23H16. The van der Waals surface area contributed by atoms with Crippen LogP contribution in [0.2, 0.25) is 0 Å². The smallest absolute Gasteiger partial charge is 0.0405 e. The molecular weight excluding hydrogens is 276 g/mol. The van der Waals surface area contributed by atoms with Crippen LogP contribution in [0.4, 0.5) is 0 Å². The summed E-state index contributed by atoms with van der Waals surface area (Å²) in [5.41, 5.74) is 5.17. The fraction of sp³-hybridized carbons (Fsp3) is 0.0435. The zero-order valence-corrected chi connectivity index (χ0v) is 13.0. The van der Waals surface area contributed by atoms with Crippen molar-refractivity contribution in [2.45, 2.75) is 6.92 Å². The van der Waals surface area contributed by atoms with Gasteiger partial charge in [-0.3, -0.25) is 0 Å². The highest BCUT2D eigenvalue weighted by Crippen LogP contribution is 2.08. The van der Waals surface area contributed by atoms with Crippen LogP contribution >= 0.6 is 0 Å². The summed E-state index contributed by atoms with van der Waals surface area (Å²) in [5.74, 6) is 12.9. The van der Waals surface area contributed by atoms with Crippen LogP contribution in [0.3, 0.4) is 0 Å². The van der Waals surface area contributed by atoms with E-state index in [2.05, 4.69) is 42.7 Å². The normalized spacial score (nSPS) is 9.26. The lowest BCUT2D eigenvalue weighted by Crippen LogP contribution is -1.83. The van der Waals surface area contributed by atoms with Crippen molar-refractivity contribution in [3.63, 3.8) is 0 Å². The fourth-order valence-corrected chi connectivity index (χ4v) is 2.14. The van der Waals surface area contributed by atoms with Gasteiger partial charge in [0.2, 0.25) is 0 Å². The van der Waals surface area contributed by atoms with Crippen LogP contribution < -0.4 is 0 Å². The average Bonchev–Trinajstić information content (AvgIpc) is 2.61. The van der Waals surface area contributed by atoms with E-state index in [4.69, 9.17) is 0 Å². The Morgan fingerprint density at radius 3 is 1.52 bits per heavy atom. The van der Waals surface area contributed by atoms with Gasteiger partial charge < -0.3 is 0 Å². The molecule has 3 aromatic carbocycles.